The van der Waals surface area contributed by atoms with Crippen molar-refractivity contribution >= 4 is 29.2 Å². The Balaban J connectivity index is 1.72. The highest BCUT2D eigenvalue weighted by atomic mass is 35.5. The standard InChI is InChI=1S/C22H27Cl2N3O2/c1-16(19-9-8-18(23)14-20(19)24)26(2)22(28)25-21(17-6-4-3-5-7-17)15-27-10-12-29-13-11-27/h3-9,14,16,21H,10-13,15H2,1-2H3,(H,25,28). The average Bonchev–Trinajstić information content (AvgIpc) is 2.73. The van der Waals surface area contributed by atoms with Gasteiger partial charge in [0.05, 0.1) is 25.3 Å². The number of morpholine rings is 1. The Morgan fingerprint density at radius 1 is 1.17 bits per heavy atom. The molecule has 3 rings (SSSR count). The van der Waals surface area contributed by atoms with Crippen molar-refractivity contribution in [3.05, 3.63) is 69.7 Å². The molecule has 5 nitrogen and oxygen atoms in total. The Hall–Kier alpha value is -1.79. The van der Waals surface area contributed by atoms with Crippen molar-refractivity contribution in [2.75, 3.05) is 39.9 Å². The van der Waals surface area contributed by atoms with Gasteiger partial charge in [-0.1, -0.05) is 59.6 Å². The maximum Gasteiger partial charge on any atom is 0.318 e. The molecule has 29 heavy (non-hydrogen) atoms. The smallest absolute Gasteiger partial charge is 0.318 e. The third kappa shape index (κ3) is 5.86. The lowest BCUT2D eigenvalue weighted by atomic mass is 10.1. The van der Waals surface area contributed by atoms with Crippen molar-refractivity contribution in [3.8, 4) is 0 Å². The number of halogens is 2. The van der Waals surface area contributed by atoms with Gasteiger partial charge in [0.1, 0.15) is 0 Å². The SMILES string of the molecule is CC(c1ccc(Cl)cc1Cl)N(C)C(=O)NC(CN1CCOCC1)c1ccccc1. The van der Waals surface area contributed by atoms with Crippen LogP contribution in [0.1, 0.15) is 30.1 Å². The molecule has 1 heterocycles. The largest absolute Gasteiger partial charge is 0.379 e. The van der Waals surface area contributed by atoms with E-state index in [1.165, 1.54) is 0 Å². The van der Waals surface area contributed by atoms with Gasteiger partial charge in [-0.15, -0.1) is 0 Å². The van der Waals surface area contributed by atoms with E-state index in [4.69, 9.17) is 27.9 Å². The average molecular weight is 436 g/mol. The number of carbonyl (C=O) groups is 1. The summed E-state index contributed by atoms with van der Waals surface area (Å²) in [6.07, 6.45) is 0. The van der Waals surface area contributed by atoms with Crippen LogP contribution < -0.4 is 5.32 Å². The van der Waals surface area contributed by atoms with Crippen LogP contribution >= 0.6 is 23.2 Å². The van der Waals surface area contributed by atoms with Crippen LogP contribution in [0.4, 0.5) is 4.79 Å². The molecule has 1 fully saturated rings. The number of urea groups is 1. The first-order chi connectivity index (χ1) is 14.0. The van der Waals surface area contributed by atoms with Crippen molar-refractivity contribution in [2.45, 2.75) is 19.0 Å². The Morgan fingerprint density at radius 2 is 1.86 bits per heavy atom. The summed E-state index contributed by atoms with van der Waals surface area (Å²) in [7, 11) is 1.78. The van der Waals surface area contributed by atoms with Crippen LogP contribution in [0.3, 0.4) is 0 Å². The highest BCUT2D eigenvalue weighted by Gasteiger charge is 2.24. The van der Waals surface area contributed by atoms with Crippen molar-refractivity contribution < 1.29 is 9.53 Å². The molecule has 0 spiro atoms. The number of nitrogens with zero attached hydrogens (tertiary/aromatic N) is 2. The molecule has 156 valence electrons. The summed E-state index contributed by atoms with van der Waals surface area (Å²) in [6, 6.07) is 15.0. The number of hydrogen-bond donors (Lipinski definition) is 1. The molecule has 1 aliphatic rings. The monoisotopic (exact) mass is 435 g/mol. The van der Waals surface area contributed by atoms with Gasteiger partial charge in [0.25, 0.3) is 0 Å². The molecule has 0 radical (unpaired) electrons. The summed E-state index contributed by atoms with van der Waals surface area (Å²) in [5.74, 6) is 0. The van der Waals surface area contributed by atoms with E-state index in [2.05, 4.69) is 10.2 Å². The molecule has 1 aliphatic heterocycles. The number of rotatable bonds is 6. The van der Waals surface area contributed by atoms with Gasteiger partial charge in [0, 0.05) is 36.7 Å². The first-order valence-corrected chi connectivity index (χ1v) is 10.5. The normalized spacial score (nSPS) is 16.8. The van der Waals surface area contributed by atoms with E-state index in [0.29, 0.717) is 10.0 Å². The Labute approximate surface area is 182 Å². The van der Waals surface area contributed by atoms with Gasteiger partial charge in [-0.2, -0.15) is 0 Å². The molecule has 2 amide bonds. The number of benzene rings is 2. The van der Waals surface area contributed by atoms with Crippen molar-refractivity contribution in [1.82, 2.24) is 15.1 Å². The maximum absolute atomic E-state index is 13.1. The lowest BCUT2D eigenvalue weighted by molar-refractivity contribution is 0.0336. The zero-order valence-electron chi connectivity index (χ0n) is 16.8. The predicted octanol–water partition coefficient (Wildman–Crippen LogP) is 4.77. The van der Waals surface area contributed by atoms with Crippen molar-refractivity contribution in [1.29, 1.82) is 0 Å². The minimum atomic E-state index is -0.195. The molecule has 1 saturated heterocycles. The van der Waals surface area contributed by atoms with E-state index >= 15 is 0 Å². The lowest BCUT2D eigenvalue weighted by Gasteiger charge is -2.33. The number of nitrogens with one attached hydrogen (secondary N) is 1. The first kappa shape index (κ1) is 21.9. The van der Waals surface area contributed by atoms with Gasteiger partial charge in [-0.3, -0.25) is 4.90 Å². The summed E-state index contributed by atoms with van der Waals surface area (Å²) in [6.45, 7) is 5.87. The van der Waals surface area contributed by atoms with Gasteiger partial charge in [-0.05, 0) is 30.2 Å². The molecule has 2 unspecified atom stereocenters. The molecule has 2 atom stereocenters. The zero-order chi connectivity index (χ0) is 20.8. The van der Waals surface area contributed by atoms with Crippen LogP contribution in [0.5, 0.6) is 0 Å². The van der Waals surface area contributed by atoms with E-state index < -0.39 is 0 Å². The summed E-state index contributed by atoms with van der Waals surface area (Å²) in [5.41, 5.74) is 1.94. The summed E-state index contributed by atoms with van der Waals surface area (Å²) in [4.78, 5) is 17.1. The van der Waals surface area contributed by atoms with Crippen LogP contribution in [-0.2, 0) is 4.74 Å². The minimum Gasteiger partial charge on any atom is -0.379 e. The van der Waals surface area contributed by atoms with Crippen LogP contribution in [0.25, 0.3) is 0 Å². The topological polar surface area (TPSA) is 44.8 Å². The second-order valence-electron chi connectivity index (χ2n) is 7.28. The van der Waals surface area contributed by atoms with Gasteiger partial charge in [-0.25, -0.2) is 4.79 Å². The molecule has 1 N–H and O–H groups in total. The van der Waals surface area contributed by atoms with Crippen LogP contribution in [0.2, 0.25) is 10.0 Å². The van der Waals surface area contributed by atoms with E-state index in [-0.39, 0.29) is 18.1 Å². The van der Waals surface area contributed by atoms with E-state index in [0.717, 1.165) is 44.0 Å². The number of ether oxygens (including phenoxy) is 1. The van der Waals surface area contributed by atoms with Crippen LogP contribution in [0, 0.1) is 0 Å². The molecule has 7 heteroatoms. The lowest BCUT2D eigenvalue weighted by Crippen LogP contribution is -2.46. The Morgan fingerprint density at radius 3 is 2.52 bits per heavy atom. The third-order valence-electron chi connectivity index (χ3n) is 5.36. The molecule has 0 aromatic heterocycles. The quantitative estimate of drug-likeness (QED) is 0.710. The van der Waals surface area contributed by atoms with Crippen molar-refractivity contribution in [3.63, 3.8) is 0 Å². The molecule has 2 aromatic carbocycles. The molecular formula is C22H27Cl2N3O2. The van der Waals surface area contributed by atoms with Gasteiger partial charge in [0.15, 0.2) is 0 Å². The summed E-state index contributed by atoms with van der Waals surface area (Å²) >= 11 is 12.3. The summed E-state index contributed by atoms with van der Waals surface area (Å²) in [5, 5.41) is 4.33. The Kier molecular flexibility index (Phi) is 7.78. The Bertz CT molecular complexity index is 813. The highest BCUT2D eigenvalue weighted by molar-refractivity contribution is 6.35. The fourth-order valence-corrected chi connectivity index (χ4v) is 4.00. The van der Waals surface area contributed by atoms with E-state index in [1.54, 1.807) is 24.1 Å². The van der Waals surface area contributed by atoms with Crippen LogP contribution in [0.15, 0.2) is 48.5 Å². The third-order valence-corrected chi connectivity index (χ3v) is 5.92. The number of hydrogen-bond acceptors (Lipinski definition) is 3. The summed E-state index contributed by atoms with van der Waals surface area (Å²) < 4.78 is 5.45. The van der Waals surface area contributed by atoms with E-state index in [9.17, 15) is 4.79 Å². The minimum absolute atomic E-state index is 0.114. The first-order valence-electron chi connectivity index (χ1n) is 9.79. The van der Waals surface area contributed by atoms with E-state index in [1.807, 2.05) is 43.3 Å². The zero-order valence-corrected chi connectivity index (χ0v) is 18.3. The van der Waals surface area contributed by atoms with Gasteiger partial charge < -0.3 is 15.0 Å². The predicted molar refractivity (Wildman–Crippen MR) is 118 cm³/mol. The molecule has 0 aliphatic carbocycles. The fraction of sp³-hybridized carbons (Fsp3) is 0.409. The molecule has 0 bridgehead atoms. The number of carbonyl (C=O) groups excluding carboxylic acids is 1. The highest BCUT2D eigenvalue weighted by Crippen LogP contribution is 2.29. The van der Waals surface area contributed by atoms with Gasteiger partial charge in [0.2, 0.25) is 0 Å². The molecule has 2 aromatic rings. The molecular weight excluding hydrogens is 409 g/mol. The fourth-order valence-electron chi connectivity index (χ4n) is 3.44. The van der Waals surface area contributed by atoms with Crippen molar-refractivity contribution in [2.24, 2.45) is 0 Å². The maximum atomic E-state index is 13.1. The van der Waals surface area contributed by atoms with Crippen LogP contribution in [-0.4, -0.2) is 55.7 Å². The molecule has 0 saturated carbocycles. The second kappa shape index (κ2) is 10.3. The van der Waals surface area contributed by atoms with Gasteiger partial charge >= 0.3 is 6.03 Å². The number of amides is 2. The second-order valence-corrected chi connectivity index (χ2v) is 8.12.